The summed E-state index contributed by atoms with van der Waals surface area (Å²) in [7, 11) is 0. The smallest absolute Gasteiger partial charge is 0.173 e. The number of hydrogen-bond donors (Lipinski definition) is 1. The van der Waals surface area contributed by atoms with Crippen LogP contribution in [-0.2, 0) is 4.79 Å². The molecule has 3 nitrogen and oxygen atoms in total. The molecule has 0 saturated carbocycles. The van der Waals surface area contributed by atoms with E-state index in [1.54, 1.807) is 19.1 Å². The average Bonchev–Trinajstić information content (AvgIpc) is 2.53. The van der Waals surface area contributed by atoms with E-state index < -0.39 is 6.10 Å². The summed E-state index contributed by atoms with van der Waals surface area (Å²) in [6.45, 7) is 5.34. The fourth-order valence-corrected chi connectivity index (χ4v) is 1.000. The van der Waals surface area contributed by atoms with Crippen LogP contribution < -0.4 is 0 Å². The lowest BCUT2D eigenvalue weighted by atomic mass is 10.1. The topological polar surface area (TPSA) is 50.4 Å². The van der Waals surface area contributed by atoms with Gasteiger partial charge in [0, 0.05) is 6.42 Å². The number of furan rings is 1. The van der Waals surface area contributed by atoms with Crippen molar-refractivity contribution in [2.24, 2.45) is 0 Å². The molecular weight excluding hydrogens is 168 g/mol. The van der Waals surface area contributed by atoms with Crippen LogP contribution in [0.15, 0.2) is 35.0 Å². The minimum Gasteiger partial charge on any atom is -0.466 e. The molecule has 0 bridgehead atoms. The van der Waals surface area contributed by atoms with E-state index >= 15 is 0 Å². The monoisotopic (exact) mass is 180 g/mol. The van der Waals surface area contributed by atoms with Gasteiger partial charge in [-0.3, -0.25) is 4.79 Å². The van der Waals surface area contributed by atoms with E-state index in [9.17, 15) is 9.90 Å². The molecule has 0 spiro atoms. The van der Waals surface area contributed by atoms with Gasteiger partial charge < -0.3 is 9.52 Å². The highest BCUT2D eigenvalue weighted by Gasteiger charge is 2.19. The van der Waals surface area contributed by atoms with Crippen molar-refractivity contribution < 1.29 is 14.3 Å². The van der Waals surface area contributed by atoms with E-state index in [-0.39, 0.29) is 18.0 Å². The molecule has 3 heteroatoms. The molecule has 13 heavy (non-hydrogen) atoms. The van der Waals surface area contributed by atoms with Crippen molar-refractivity contribution in [3.63, 3.8) is 0 Å². The molecule has 0 aliphatic carbocycles. The molecule has 0 saturated heterocycles. The molecule has 0 radical (unpaired) electrons. The van der Waals surface area contributed by atoms with E-state index in [0.29, 0.717) is 0 Å². The average molecular weight is 180 g/mol. The van der Waals surface area contributed by atoms with Gasteiger partial charge in [0.1, 0.15) is 5.76 Å². The SMILES string of the molecule is C=C(C)CC(=O)C(O)c1ccco1. The third kappa shape index (κ3) is 2.56. The summed E-state index contributed by atoms with van der Waals surface area (Å²) in [4.78, 5) is 11.3. The number of carbonyl (C=O) groups is 1. The fourth-order valence-electron chi connectivity index (χ4n) is 1.000. The summed E-state index contributed by atoms with van der Waals surface area (Å²) in [5.74, 6) is -0.00583. The Morgan fingerprint density at radius 2 is 2.46 bits per heavy atom. The van der Waals surface area contributed by atoms with Crippen LogP contribution in [0, 0.1) is 0 Å². The van der Waals surface area contributed by atoms with Crippen LogP contribution in [0.3, 0.4) is 0 Å². The number of carbonyl (C=O) groups excluding carboxylic acids is 1. The lowest BCUT2D eigenvalue weighted by Crippen LogP contribution is -2.10. The predicted molar refractivity (Wildman–Crippen MR) is 48.1 cm³/mol. The maximum absolute atomic E-state index is 11.3. The van der Waals surface area contributed by atoms with Gasteiger partial charge in [-0.1, -0.05) is 12.2 Å². The zero-order chi connectivity index (χ0) is 9.84. The number of ketones is 1. The van der Waals surface area contributed by atoms with Crippen molar-refractivity contribution in [3.05, 3.63) is 36.3 Å². The summed E-state index contributed by atoms with van der Waals surface area (Å²) in [5, 5.41) is 9.44. The Morgan fingerprint density at radius 1 is 1.77 bits per heavy atom. The summed E-state index contributed by atoms with van der Waals surface area (Å²) in [6.07, 6.45) is 0.445. The first-order valence-corrected chi connectivity index (χ1v) is 4.00. The molecule has 1 rings (SSSR count). The molecule has 0 aliphatic heterocycles. The molecule has 1 aromatic rings. The second-order valence-electron chi connectivity index (χ2n) is 3.02. The highest BCUT2D eigenvalue weighted by atomic mass is 16.4. The molecule has 1 atom stereocenters. The van der Waals surface area contributed by atoms with Crippen molar-refractivity contribution >= 4 is 5.78 Å². The Kier molecular flexibility index (Phi) is 3.03. The number of rotatable bonds is 4. The molecule has 0 amide bonds. The van der Waals surface area contributed by atoms with Crippen LogP contribution in [0.25, 0.3) is 0 Å². The maximum atomic E-state index is 11.3. The Balaban J connectivity index is 2.63. The minimum atomic E-state index is -1.16. The maximum Gasteiger partial charge on any atom is 0.173 e. The van der Waals surface area contributed by atoms with Crippen molar-refractivity contribution in [2.75, 3.05) is 0 Å². The van der Waals surface area contributed by atoms with Crippen LogP contribution in [0.1, 0.15) is 25.2 Å². The van der Waals surface area contributed by atoms with Gasteiger partial charge in [-0.25, -0.2) is 0 Å². The Labute approximate surface area is 76.7 Å². The van der Waals surface area contributed by atoms with Gasteiger partial charge in [0.2, 0.25) is 0 Å². The van der Waals surface area contributed by atoms with Gasteiger partial charge in [-0.15, -0.1) is 0 Å². The molecule has 70 valence electrons. The molecule has 0 aromatic carbocycles. The molecule has 1 N–H and O–H groups in total. The standard InChI is InChI=1S/C10H12O3/c1-7(2)6-8(11)10(12)9-4-3-5-13-9/h3-5,10,12H,1,6H2,2H3. The first-order valence-electron chi connectivity index (χ1n) is 4.00. The Morgan fingerprint density at radius 3 is 2.92 bits per heavy atom. The lowest BCUT2D eigenvalue weighted by molar-refractivity contribution is -0.127. The van der Waals surface area contributed by atoms with Crippen LogP contribution >= 0.6 is 0 Å². The quantitative estimate of drug-likeness (QED) is 0.719. The van der Waals surface area contributed by atoms with Gasteiger partial charge in [0.25, 0.3) is 0 Å². The van der Waals surface area contributed by atoms with E-state index in [1.807, 2.05) is 0 Å². The predicted octanol–water partition coefficient (Wildman–Crippen LogP) is 1.85. The van der Waals surface area contributed by atoms with E-state index in [1.165, 1.54) is 6.26 Å². The molecule has 1 aromatic heterocycles. The first kappa shape index (κ1) is 9.74. The van der Waals surface area contributed by atoms with Crippen LogP contribution in [0.5, 0.6) is 0 Å². The van der Waals surface area contributed by atoms with Crippen molar-refractivity contribution in [1.82, 2.24) is 0 Å². The number of aliphatic hydroxyl groups is 1. The first-order chi connectivity index (χ1) is 6.11. The van der Waals surface area contributed by atoms with Crippen LogP contribution in [0.2, 0.25) is 0 Å². The summed E-state index contributed by atoms with van der Waals surface area (Å²) in [6, 6.07) is 3.20. The third-order valence-corrected chi connectivity index (χ3v) is 1.59. The highest BCUT2D eigenvalue weighted by molar-refractivity contribution is 5.85. The fraction of sp³-hybridized carbons (Fsp3) is 0.300. The second-order valence-corrected chi connectivity index (χ2v) is 3.02. The van der Waals surface area contributed by atoms with Gasteiger partial charge in [0.05, 0.1) is 6.26 Å². The Bertz CT molecular complexity index is 298. The normalized spacial score (nSPS) is 12.5. The largest absolute Gasteiger partial charge is 0.466 e. The van der Waals surface area contributed by atoms with Crippen molar-refractivity contribution in [2.45, 2.75) is 19.4 Å². The number of allylic oxidation sites excluding steroid dienone is 1. The van der Waals surface area contributed by atoms with E-state index in [2.05, 4.69) is 6.58 Å². The second kappa shape index (κ2) is 4.05. The number of hydrogen-bond acceptors (Lipinski definition) is 3. The number of aliphatic hydroxyl groups excluding tert-OH is 1. The van der Waals surface area contributed by atoms with Gasteiger partial charge in [0.15, 0.2) is 11.9 Å². The van der Waals surface area contributed by atoms with Crippen molar-refractivity contribution in [1.29, 1.82) is 0 Å². The van der Waals surface area contributed by atoms with Crippen molar-refractivity contribution in [3.8, 4) is 0 Å². The molecule has 0 fully saturated rings. The van der Waals surface area contributed by atoms with Gasteiger partial charge >= 0.3 is 0 Å². The Hall–Kier alpha value is -1.35. The zero-order valence-electron chi connectivity index (χ0n) is 7.49. The third-order valence-electron chi connectivity index (χ3n) is 1.59. The van der Waals surface area contributed by atoms with Gasteiger partial charge in [-0.05, 0) is 19.1 Å². The van der Waals surface area contributed by atoms with Crippen LogP contribution in [-0.4, -0.2) is 10.9 Å². The lowest BCUT2D eigenvalue weighted by Gasteiger charge is -2.05. The molecule has 0 aliphatic rings. The summed E-state index contributed by atoms with van der Waals surface area (Å²) in [5.41, 5.74) is 0.732. The van der Waals surface area contributed by atoms with E-state index in [0.717, 1.165) is 5.57 Å². The summed E-state index contributed by atoms with van der Waals surface area (Å²) >= 11 is 0. The zero-order valence-corrected chi connectivity index (χ0v) is 7.49. The van der Waals surface area contributed by atoms with E-state index in [4.69, 9.17) is 4.42 Å². The van der Waals surface area contributed by atoms with Crippen LogP contribution in [0.4, 0.5) is 0 Å². The van der Waals surface area contributed by atoms with Gasteiger partial charge in [-0.2, -0.15) is 0 Å². The molecular formula is C10H12O3. The molecule has 1 unspecified atom stereocenters. The summed E-state index contributed by atoms with van der Waals surface area (Å²) < 4.78 is 4.90. The minimum absolute atomic E-state index is 0.182. The highest BCUT2D eigenvalue weighted by Crippen LogP contribution is 2.16. The number of Topliss-reactive ketones (excluding diaryl/α,β-unsaturated/α-hetero) is 1. The molecule has 1 heterocycles.